The fourth-order valence-electron chi connectivity index (χ4n) is 3.65. The molecule has 3 heteroatoms. The molecule has 0 radical (unpaired) electrons. The van der Waals surface area contributed by atoms with Gasteiger partial charge in [0.15, 0.2) is 0 Å². The summed E-state index contributed by atoms with van der Waals surface area (Å²) in [4.78, 5) is 2.81. The van der Waals surface area contributed by atoms with Crippen molar-refractivity contribution in [2.75, 3.05) is 24.6 Å². The van der Waals surface area contributed by atoms with Crippen molar-refractivity contribution in [1.29, 1.82) is 0 Å². The summed E-state index contributed by atoms with van der Waals surface area (Å²) < 4.78 is 0. The maximum atomic E-state index is 3.89. The van der Waals surface area contributed by atoms with Gasteiger partial charge in [-0.05, 0) is 31.9 Å². The molecular weight excluding hydrogens is 240 g/mol. The number of piperazine rings is 1. The van der Waals surface area contributed by atoms with Gasteiger partial charge in [0, 0.05) is 36.5 Å². The zero-order chi connectivity index (χ0) is 13.0. The van der Waals surface area contributed by atoms with Crippen LogP contribution < -0.4 is 5.32 Å². The second-order valence-electron chi connectivity index (χ2n) is 6.11. The molecule has 2 nitrogen and oxygen atoms in total. The van der Waals surface area contributed by atoms with Crippen molar-refractivity contribution >= 4 is 11.8 Å². The predicted molar refractivity (Wildman–Crippen MR) is 82.4 cm³/mol. The first-order valence-electron chi connectivity index (χ1n) is 7.79. The van der Waals surface area contributed by atoms with E-state index in [1.165, 1.54) is 56.7 Å². The first-order chi connectivity index (χ1) is 8.71. The predicted octanol–water partition coefficient (Wildman–Crippen LogP) is 3.12. The van der Waals surface area contributed by atoms with Crippen molar-refractivity contribution in [3.05, 3.63) is 0 Å². The molecule has 2 rings (SSSR count). The first kappa shape index (κ1) is 14.7. The van der Waals surface area contributed by atoms with Crippen LogP contribution in [0.1, 0.15) is 52.9 Å². The Labute approximate surface area is 117 Å². The summed E-state index contributed by atoms with van der Waals surface area (Å²) in [6.45, 7) is 9.53. The minimum atomic E-state index is 0.469. The highest BCUT2D eigenvalue weighted by Gasteiger charge is 2.41. The van der Waals surface area contributed by atoms with Crippen molar-refractivity contribution < 1.29 is 0 Å². The molecule has 18 heavy (non-hydrogen) atoms. The lowest BCUT2D eigenvalue weighted by molar-refractivity contribution is 0.0543. The van der Waals surface area contributed by atoms with Crippen molar-refractivity contribution in [3.63, 3.8) is 0 Å². The lowest BCUT2D eigenvalue weighted by Gasteiger charge is -2.48. The zero-order valence-corrected chi connectivity index (χ0v) is 13.2. The molecule has 1 saturated heterocycles. The SMILES string of the molecule is CCSCC(C)N1CC2(CCCC2)NCC1CC. The molecule has 1 aliphatic carbocycles. The van der Waals surface area contributed by atoms with Gasteiger partial charge >= 0.3 is 0 Å². The average molecular weight is 270 g/mol. The van der Waals surface area contributed by atoms with Gasteiger partial charge in [-0.2, -0.15) is 11.8 Å². The van der Waals surface area contributed by atoms with E-state index in [2.05, 4.69) is 42.7 Å². The highest BCUT2D eigenvalue weighted by atomic mass is 32.2. The van der Waals surface area contributed by atoms with Crippen LogP contribution in [0.5, 0.6) is 0 Å². The minimum absolute atomic E-state index is 0.469. The van der Waals surface area contributed by atoms with E-state index >= 15 is 0 Å². The number of hydrogen-bond donors (Lipinski definition) is 1. The smallest absolute Gasteiger partial charge is 0.0309 e. The molecule has 2 fully saturated rings. The van der Waals surface area contributed by atoms with E-state index in [4.69, 9.17) is 0 Å². The van der Waals surface area contributed by atoms with E-state index in [-0.39, 0.29) is 0 Å². The third kappa shape index (κ3) is 3.23. The average Bonchev–Trinajstić information content (AvgIpc) is 2.84. The van der Waals surface area contributed by atoms with E-state index in [0.29, 0.717) is 5.54 Å². The number of rotatable bonds is 5. The Morgan fingerprint density at radius 3 is 2.67 bits per heavy atom. The monoisotopic (exact) mass is 270 g/mol. The highest BCUT2D eigenvalue weighted by Crippen LogP contribution is 2.34. The summed E-state index contributed by atoms with van der Waals surface area (Å²) in [7, 11) is 0. The van der Waals surface area contributed by atoms with Crippen LogP contribution in [0.3, 0.4) is 0 Å². The summed E-state index contributed by atoms with van der Waals surface area (Å²) in [5.74, 6) is 2.54. The maximum absolute atomic E-state index is 3.89. The van der Waals surface area contributed by atoms with Gasteiger partial charge in [-0.1, -0.05) is 26.7 Å². The summed E-state index contributed by atoms with van der Waals surface area (Å²) in [6.07, 6.45) is 6.93. The van der Waals surface area contributed by atoms with Crippen LogP contribution in [0, 0.1) is 0 Å². The van der Waals surface area contributed by atoms with Gasteiger partial charge < -0.3 is 5.32 Å². The highest BCUT2D eigenvalue weighted by molar-refractivity contribution is 7.99. The molecule has 1 N–H and O–H groups in total. The molecule has 1 saturated carbocycles. The van der Waals surface area contributed by atoms with E-state index in [0.717, 1.165) is 12.1 Å². The van der Waals surface area contributed by atoms with Gasteiger partial charge in [-0.15, -0.1) is 0 Å². The summed E-state index contributed by atoms with van der Waals surface area (Å²) >= 11 is 2.09. The Balaban J connectivity index is 1.98. The Morgan fingerprint density at radius 2 is 2.06 bits per heavy atom. The topological polar surface area (TPSA) is 15.3 Å². The molecule has 2 unspecified atom stereocenters. The first-order valence-corrected chi connectivity index (χ1v) is 8.95. The van der Waals surface area contributed by atoms with E-state index < -0.39 is 0 Å². The minimum Gasteiger partial charge on any atom is -0.308 e. The van der Waals surface area contributed by atoms with Crippen molar-refractivity contribution in [3.8, 4) is 0 Å². The molecule has 1 heterocycles. The van der Waals surface area contributed by atoms with Crippen LogP contribution in [0.2, 0.25) is 0 Å². The molecule has 0 aromatic rings. The van der Waals surface area contributed by atoms with Crippen molar-refractivity contribution in [2.24, 2.45) is 0 Å². The maximum Gasteiger partial charge on any atom is 0.0309 e. The van der Waals surface area contributed by atoms with Crippen LogP contribution >= 0.6 is 11.8 Å². The standard InChI is InChI=1S/C15H30N2S/c1-4-14-10-16-15(8-6-7-9-15)12-17(14)13(3)11-18-5-2/h13-14,16H,4-12H2,1-3H3. The quantitative estimate of drug-likeness (QED) is 0.826. The van der Waals surface area contributed by atoms with Gasteiger partial charge in [-0.25, -0.2) is 0 Å². The van der Waals surface area contributed by atoms with Crippen LogP contribution in [0.4, 0.5) is 0 Å². The normalized spacial score (nSPS) is 29.8. The molecule has 0 aromatic carbocycles. The zero-order valence-electron chi connectivity index (χ0n) is 12.4. The summed E-state index contributed by atoms with van der Waals surface area (Å²) in [5, 5.41) is 3.89. The Morgan fingerprint density at radius 1 is 1.33 bits per heavy atom. The molecule has 1 spiro atoms. The van der Waals surface area contributed by atoms with Gasteiger partial charge in [0.1, 0.15) is 0 Å². The van der Waals surface area contributed by atoms with E-state index in [9.17, 15) is 0 Å². The largest absolute Gasteiger partial charge is 0.308 e. The van der Waals surface area contributed by atoms with Gasteiger partial charge in [0.25, 0.3) is 0 Å². The van der Waals surface area contributed by atoms with Gasteiger partial charge in [-0.3, -0.25) is 4.90 Å². The third-order valence-electron chi connectivity index (χ3n) is 4.83. The van der Waals surface area contributed by atoms with Gasteiger partial charge in [0.2, 0.25) is 0 Å². The summed E-state index contributed by atoms with van der Waals surface area (Å²) in [6, 6.07) is 1.49. The molecule has 0 aromatic heterocycles. The number of hydrogen-bond acceptors (Lipinski definition) is 3. The van der Waals surface area contributed by atoms with E-state index in [1.807, 2.05) is 0 Å². The number of thioether (sulfide) groups is 1. The molecular formula is C15H30N2S. The van der Waals surface area contributed by atoms with Crippen LogP contribution in [-0.2, 0) is 0 Å². The summed E-state index contributed by atoms with van der Waals surface area (Å²) in [5.41, 5.74) is 0.469. The van der Waals surface area contributed by atoms with Crippen molar-refractivity contribution in [1.82, 2.24) is 10.2 Å². The van der Waals surface area contributed by atoms with Crippen LogP contribution in [0.15, 0.2) is 0 Å². The Bertz CT molecular complexity index is 251. The van der Waals surface area contributed by atoms with Crippen LogP contribution in [0.25, 0.3) is 0 Å². The molecule has 1 aliphatic heterocycles. The molecule has 2 aliphatic rings. The van der Waals surface area contributed by atoms with Crippen LogP contribution in [-0.4, -0.2) is 47.1 Å². The Hall–Kier alpha value is 0.270. The number of nitrogens with zero attached hydrogens (tertiary/aromatic N) is 1. The Kier molecular flexibility index (Phi) is 5.40. The molecule has 0 amide bonds. The fourth-order valence-corrected chi connectivity index (χ4v) is 4.42. The lowest BCUT2D eigenvalue weighted by atomic mass is 9.91. The molecule has 2 atom stereocenters. The van der Waals surface area contributed by atoms with Gasteiger partial charge in [0.05, 0.1) is 0 Å². The number of nitrogens with one attached hydrogen (secondary N) is 1. The van der Waals surface area contributed by atoms with Crippen molar-refractivity contribution in [2.45, 2.75) is 70.5 Å². The second kappa shape index (κ2) is 6.62. The second-order valence-corrected chi connectivity index (χ2v) is 7.43. The lowest BCUT2D eigenvalue weighted by Crippen LogP contribution is -2.65. The molecule has 0 bridgehead atoms. The third-order valence-corrected chi connectivity index (χ3v) is 5.95. The van der Waals surface area contributed by atoms with E-state index in [1.54, 1.807) is 0 Å². The fraction of sp³-hybridized carbons (Fsp3) is 1.00. The molecule has 106 valence electrons.